The molecule has 4 rings (SSSR count). The van der Waals surface area contributed by atoms with E-state index in [-0.39, 0.29) is 35.8 Å². The number of nitrogens with zero attached hydrogens (tertiary/aromatic N) is 3. The van der Waals surface area contributed by atoms with Gasteiger partial charge in [-0.2, -0.15) is 18.2 Å². The molecule has 226 valence electrons. The molecule has 0 radical (unpaired) electrons. The second kappa shape index (κ2) is 11.5. The van der Waals surface area contributed by atoms with E-state index in [4.69, 9.17) is 18.6 Å². The Hall–Kier alpha value is -3.28. The Labute approximate surface area is 237 Å². The highest BCUT2D eigenvalue weighted by molar-refractivity contribution is 5.97. The molecule has 2 aliphatic rings. The highest BCUT2D eigenvalue weighted by Gasteiger charge is 2.37. The maximum absolute atomic E-state index is 13.6. The molecule has 41 heavy (non-hydrogen) atoms. The summed E-state index contributed by atoms with van der Waals surface area (Å²) in [6, 6.07) is 2.33. The lowest BCUT2D eigenvalue weighted by Crippen LogP contribution is -2.55. The maximum Gasteiger partial charge on any atom is 0.416 e. The first kappa shape index (κ1) is 30.7. The van der Waals surface area contributed by atoms with Gasteiger partial charge in [0.1, 0.15) is 23.7 Å². The molecule has 2 saturated heterocycles. The number of carbonyl (C=O) groups is 2. The summed E-state index contributed by atoms with van der Waals surface area (Å²) in [7, 11) is 0. The van der Waals surface area contributed by atoms with Crippen molar-refractivity contribution >= 4 is 12.0 Å². The molecule has 2 aromatic rings. The second-order valence-corrected chi connectivity index (χ2v) is 12.5. The topological polar surface area (TPSA) is 95.5 Å². The van der Waals surface area contributed by atoms with Crippen molar-refractivity contribution in [2.45, 2.75) is 96.7 Å². The predicted molar refractivity (Wildman–Crippen MR) is 143 cm³/mol. The molecule has 0 spiro atoms. The van der Waals surface area contributed by atoms with Crippen molar-refractivity contribution in [1.29, 1.82) is 0 Å². The molecular formula is C29H38F3N3O6. The van der Waals surface area contributed by atoms with Gasteiger partial charge in [-0.3, -0.25) is 9.36 Å². The van der Waals surface area contributed by atoms with Gasteiger partial charge in [0.15, 0.2) is 0 Å². The van der Waals surface area contributed by atoms with Gasteiger partial charge in [0, 0.05) is 24.8 Å². The van der Waals surface area contributed by atoms with Crippen LogP contribution in [0.25, 0.3) is 0 Å². The first-order valence-electron chi connectivity index (χ1n) is 13.8. The van der Waals surface area contributed by atoms with Crippen LogP contribution in [0.2, 0.25) is 0 Å². The van der Waals surface area contributed by atoms with Crippen molar-refractivity contribution in [2.24, 2.45) is 4.99 Å². The van der Waals surface area contributed by atoms with Gasteiger partial charge in [-0.05, 0) is 58.2 Å². The summed E-state index contributed by atoms with van der Waals surface area (Å²) in [5, 5.41) is 0. The van der Waals surface area contributed by atoms with E-state index < -0.39 is 34.8 Å². The molecule has 2 atom stereocenters. The fourth-order valence-corrected chi connectivity index (χ4v) is 4.46. The molecule has 0 N–H and O–H groups in total. The van der Waals surface area contributed by atoms with Crippen molar-refractivity contribution in [3.05, 3.63) is 47.0 Å². The van der Waals surface area contributed by atoms with Crippen LogP contribution in [-0.4, -0.2) is 59.0 Å². The summed E-state index contributed by atoms with van der Waals surface area (Å²) in [6.07, 6.45) is -1.14. The summed E-state index contributed by atoms with van der Waals surface area (Å²) in [4.78, 5) is 31.5. The summed E-state index contributed by atoms with van der Waals surface area (Å²) >= 11 is 0. The van der Waals surface area contributed by atoms with E-state index in [1.165, 1.54) is 4.90 Å². The average molecular weight is 582 g/mol. The number of amides is 2. The third kappa shape index (κ3) is 7.72. The van der Waals surface area contributed by atoms with Crippen LogP contribution in [-0.2, 0) is 27.6 Å². The van der Waals surface area contributed by atoms with Gasteiger partial charge in [0.25, 0.3) is 5.91 Å². The lowest BCUT2D eigenvalue weighted by molar-refractivity contribution is -0.137. The number of carbonyl (C=O) groups excluding carboxylic acids is 2. The summed E-state index contributed by atoms with van der Waals surface area (Å²) in [6.45, 7) is 12.6. The highest BCUT2D eigenvalue weighted by Crippen LogP contribution is 2.33. The molecule has 0 aliphatic carbocycles. The monoisotopic (exact) mass is 581 g/mol. The molecule has 3 heterocycles. The predicted octanol–water partition coefficient (Wildman–Crippen LogP) is 5.71. The first-order valence-corrected chi connectivity index (χ1v) is 13.8. The lowest BCUT2D eigenvalue weighted by atomic mass is 9.94. The normalized spacial score (nSPS) is 20.2. The zero-order chi connectivity index (χ0) is 30.2. The Morgan fingerprint density at radius 3 is 2.39 bits per heavy atom. The van der Waals surface area contributed by atoms with E-state index >= 15 is 0 Å². The molecule has 2 aliphatic heterocycles. The second-order valence-electron chi connectivity index (χ2n) is 12.5. The summed E-state index contributed by atoms with van der Waals surface area (Å²) in [5.41, 5.74) is -2.48. The van der Waals surface area contributed by atoms with Gasteiger partial charge in [-0.15, -0.1) is 0 Å². The van der Waals surface area contributed by atoms with Crippen LogP contribution >= 0.6 is 0 Å². The van der Waals surface area contributed by atoms with Crippen LogP contribution in [0, 0.1) is 0 Å². The summed E-state index contributed by atoms with van der Waals surface area (Å²) < 4.78 is 65.3. The third-order valence-electron chi connectivity index (χ3n) is 6.82. The first-order chi connectivity index (χ1) is 19.0. The highest BCUT2D eigenvalue weighted by atomic mass is 19.4. The zero-order valence-corrected chi connectivity index (χ0v) is 24.3. The van der Waals surface area contributed by atoms with Crippen LogP contribution in [0.15, 0.2) is 33.8 Å². The van der Waals surface area contributed by atoms with Gasteiger partial charge >= 0.3 is 18.0 Å². The maximum atomic E-state index is 13.6. The van der Waals surface area contributed by atoms with E-state index in [0.717, 1.165) is 31.0 Å². The minimum Gasteiger partial charge on any atom is -0.491 e. The number of aromatic nitrogens is 1. The van der Waals surface area contributed by atoms with Crippen LogP contribution in [0.1, 0.15) is 82.5 Å². The van der Waals surface area contributed by atoms with Crippen molar-refractivity contribution in [1.82, 2.24) is 9.47 Å². The van der Waals surface area contributed by atoms with Gasteiger partial charge in [-0.1, -0.05) is 20.8 Å². The van der Waals surface area contributed by atoms with Crippen molar-refractivity contribution in [2.75, 3.05) is 19.8 Å². The fraction of sp³-hybridized carbons (Fsp3) is 0.621. The van der Waals surface area contributed by atoms with Gasteiger partial charge in [0.2, 0.25) is 0 Å². The number of benzene rings is 1. The van der Waals surface area contributed by atoms with Crippen LogP contribution < -0.4 is 10.4 Å². The number of hydrogen-bond donors (Lipinski definition) is 0. The van der Waals surface area contributed by atoms with Gasteiger partial charge < -0.3 is 23.5 Å². The van der Waals surface area contributed by atoms with E-state index in [2.05, 4.69) is 4.99 Å². The Morgan fingerprint density at radius 1 is 1.10 bits per heavy atom. The number of rotatable bonds is 6. The molecule has 0 unspecified atom stereocenters. The van der Waals surface area contributed by atoms with Crippen molar-refractivity contribution in [3.63, 3.8) is 0 Å². The molecule has 1 aromatic carbocycles. The Morgan fingerprint density at radius 2 is 1.83 bits per heavy atom. The lowest BCUT2D eigenvalue weighted by Gasteiger charge is -2.41. The Balaban J connectivity index is 1.62. The number of hydrogen-bond acceptors (Lipinski definition) is 6. The van der Waals surface area contributed by atoms with E-state index in [0.29, 0.717) is 31.9 Å². The van der Waals surface area contributed by atoms with Gasteiger partial charge in [0.05, 0.1) is 29.8 Å². The third-order valence-corrected chi connectivity index (χ3v) is 6.82. The quantitative estimate of drug-likeness (QED) is 0.434. The summed E-state index contributed by atoms with van der Waals surface area (Å²) in [5.74, 6) is -0.453. The van der Waals surface area contributed by atoms with Crippen molar-refractivity contribution in [3.8, 4) is 5.75 Å². The molecule has 0 saturated carbocycles. The minimum atomic E-state index is -4.68. The van der Waals surface area contributed by atoms with Gasteiger partial charge in [-0.25, -0.2) is 4.79 Å². The number of likely N-dealkylation sites (tertiary alicyclic amines) is 1. The molecular weight excluding hydrogens is 543 g/mol. The zero-order valence-electron chi connectivity index (χ0n) is 24.3. The molecule has 12 heteroatoms. The van der Waals surface area contributed by atoms with Crippen LogP contribution in [0.3, 0.4) is 0 Å². The van der Waals surface area contributed by atoms with Crippen LogP contribution in [0.4, 0.5) is 18.0 Å². The minimum absolute atomic E-state index is 0.0289. The standard InChI is InChI=1S/C29H38F3N3O6/c1-27(2,3)23-16-34(15-20-8-7-13-38-20)25(40-23)33-24(36)21-14-18(29(30,31)32)9-10-22(21)39-17-19-11-12-35(19)26(37)41-28(4,5)6/h9-10,14,16,19-20H,7-8,11-13,15,17H2,1-6H3/t19-,20+/m0/s1. The fourth-order valence-electron chi connectivity index (χ4n) is 4.46. The smallest absolute Gasteiger partial charge is 0.416 e. The number of oxazole rings is 1. The molecule has 0 bridgehead atoms. The van der Waals surface area contributed by atoms with Crippen molar-refractivity contribution < 1.29 is 41.4 Å². The van der Waals surface area contributed by atoms with E-state index in [9.17, 15) is 22.8 Å². The molecule has 1 aromatic heterocycles. The number of alkyl halides is 3. The average Bonchev–Trinajstić information content (AvgIpc) is 3.47. The SMILES string of the molecule is CC(C)(C)OC(=O)N1CC[C@H]1COc1ccc(C(F)(F)F)cc1C(=O)N=c1oc(C(C)(C)C)cn1C[C@H]1CCCO1. The Bertz CT molecular complexity index is 1330. The van der Waals surface area contributed by atoms with E-state index in [1.807, 2.05) is 20.8 Å². The van der Waals surface area contributed by atoms with E-state index in [1.54, 1.807) is 31.5 Å². The molecule has 2 amide bonds. The largest absolute Gasteiger partial charge is 0.491 e. The molecule has 2 fully saturated rings. The number of halogens is 3. The van der Waals surface area contributed by atoms with Crippen LogP contribution in [0.5, 0.6) is 5.75 Å². The molecule has 9 nitrogen and oxygen atoms in total. The Kier molecular flexibility index (Phi) is 8.63. The number of ether oxygens (including phenoxy) is 3.